The molecule has 0 aliphatic heterocycles. The van der Waals surface area contributed by atoms with Gasteiger partial charge in [0, 0.05) is 19.1 Å². The lowest BCUT2D eigenvalue weighted by molar-refractivity contribution is 0.175. The molecule has 0 saturated carbocycles. The van der Waals surface area contributed by atoms with Crippen LogP contribution in [0, 0.1) is 11.8 Å². The first-order valence-corrected chi connectivity index (χ1v) is 8.53. The van der Waals surface area contributed by atoms with Crippen LogP contribution in [0.5, 0.6) is 0 Å². The summed E-state index contributed by atoms with van der Waals surface area (Å²) in [5, 5.41) is 0. The molecule has 0 aromatic heterocycles. The zero-order chi connectivity index (χ0) is 15.1. The number of hydrogen-bond acceptors (Lipinski definition) is 1. The second kappa shape index (κ2) is 8.67. The molecule has 1 nitrogen and oxygen atoms in total. The molecule has 0 radical (unpaired) electrons. The third kappa shape index (κ3) is 5.44. The van der Waals surface area contributed by atoms with Crippen molar-refractivity contribution in [2.24, 2.45) is 11.8 Å². The van der Waals surface area contributed by atoms with E-state index < -0.39 is 0 Å². The maximum atomic E-state index is 2.71. The molecule has 1 atom stereocenters. The SMILES string of the molecule is CCC=CCN(CC(C)C)C1CCC(C)=C(C(C)C)C1. The van der Waals surface area contributed by atoms with E-state index in [0.29, 0.717) is 5.92 Å². The predicted octanol–water partition coefficient (Wildman–Crippen LogP) is 5.44. The van der Waals surface area contributed by atoms with E-state index in [1.54, 1.807) is 11.1 Å². The fourth-order valence-electron chi connectivity index (χ4n) is 3.33. The highest BCUT2D eigenvalue weighted by Gasteiger charge is 2.25. The minimum Gasteiger partial charge on any atom is -0.296 e. The van der Waals surface area contributed by atoms with Gasteiger partial charge < -0.3 is 0 Å². The summed E-state index contributed by atoms with van der Waals surface area (Å²) in [5.74, 6) is 1.46. The maximum Gasteiger partial charge on any atom is 0.0166 e. The first-order valence-electron chi connectivity index (χ1n) is 8.53. The average Bonchev–Trinajstić information content (AvgIpc) is 2.37. The van der Waals surface area contributed by atoms with Crippen LogP contribution in [0.1, 0.15) is 67.2 Å². The van der Waals surface area contributed by atoms with Crippen molar-refractivity contribution >= 4 is 0 Å². The van der Waals surface area contributed by atoms with Gasteiger partial charge in [0.25, 0.3) is 0 Å². The molecule has 0 N–H and O–H groups in total. The van der Waals surface area contributed by atoms with Crippen molar-refractivity contribution in [1.29, 1.82) is 0 Å². The van der Waals surface area contributed by atoms with Crippen LogP contribution < -0.4 is 0 Å². The third-order valence-electron chi connectivity index (χ3n) is 4.41. The number of nitrogens with zero attached hydrogens (tertiary/aromatic N) is 1. The summed E-state index contributed by atoms with van der Waals surface area (Å²) in [6.07, 6.45) is 9.74. The molecule has 1 aliphatic rings. The fourth-order valence-corrected chi connectivity index (χ4v) is 3.33. The molecule has 0 fully saturated rings. The molecule has 1 rings (SSSR count). The Morgan fingerprint density at radius 1 is 1.20 bits per heavy atom. The van der Waals surface area contributed by atoms with Crippen molar-refractivity contribution in [3.63, 3.8) is 0 Å². The summed E-state index contributed by atoms with van der Waals surface area (Å²) >= 11 is 0. The first-order chi connectivity index (χ1) is 9.45. The first kappa shape index (κ1) is 17.5. The highest BCUT2D eigenvalue weighted by Crippen LogP contribution is 2.32. The van der Waals surface area contributed by atoms with Gasteiger partial charge in [0.05, 0.1) is 0 Å². The molecule has 0 amide bonds. The monoisotopic (exact) mass is 277 g/mol. The topological polar surface area (TPSA) is 3.24 Å². The van der Waals surface area contributed by atoms with Gasteiger partial charge in [-0.1, -0.05) is 57.9 Å². The van der Waals surface area contributed by atoms with Crippen molar-refractivity contribution in [1.82, 2.24) is 4.90 Å². The van der Waals surface area contributed by atoms with E-state index in [0.717, 1.165) is 24.9 Å². The number of rotatable bonds is 7. The van der Waals surface area contributed by atoms with E-state index in [1.165, 1.54) is 25.8 Å². The third-order valence-corrected chi connectivity index (χ3v) is 4.41. The Morgan fingerprint density at radius 2 is 1.90 bits per heavy atom. The van der Waals surface area contributed by atoms with Crippen LogP contribution in [0.15, 0.2) is 23.3 Å². The maximum absolute atomic E-state index is 2.71. The largest absolute Gasteiger partial charge is 0.296 e. The van der Waals surface area contributed by atoms with Gasteiger partial charge in [0.15, 0.2) is 0 Å². The van der Waals surface area contributed by atoms with Gasteiger partial charge in [0.2, 0.25) is 0 Å². The molecule has 20 heavy (non-hydrogen) atoms. The van der Waals surface area contributed by atoms with E-state index >= 15 is 0 Å². The molecular weight excluding hydrogens is 242 g/mol. The zero-order valence-corrected chi connectivity index (χ0v) is 14.6. The molecule has 0 bridgehead atoms. The summed E-state index contributed by atoms with van der Waals surface area (Å²) < 4.78 is 0. The smallest absolute Gasteiger partial charge is 0.0166 e. The predicted molar refractivity (Wildman–Crippen MR) is 91.0 cm³/mol. The lowest BCUT2D eigenvalue weighted by atomic mass is 9.82. The molecule has 1 aliphatic carbocycles. The Kier molecular flexibility index (Phi) is 7.58. The van der Waals surface area contributed by atoms with Crippen LogP contribution in [0.25, 0.3) is 0 Å². The molecule has 0 heterocycles. The van der Waals surface area contributed by atoms with Crippen LogP contribution in [-0.2, 0) is 0 Å². The molecule has 0 aromatic rings. The summed E-state index contributed by atoms with van der Waals surface area (Å²) in [6.45, 7) is 16.3. The molecule has 1 heteroatoms. The minimum atomic E-state index is 0.713. The van der Waals surface area contributed by atoms with Gasteiger partial charge >= 0.3 is 0 Å². The Bertz CT molecular complexity index is 336. The second-order valence-corrected chi connectivity index (χ2v) is 7.08. The Morgan fingerprint density at radius 3 is 2.45 bits per heavy atom. The van der Waals surface area contributed by atoms with Crippen LogP contribution in [0.2, 0.25) is 0 Å². The van der Waals surface area contributed by atoms with Crippen molar-refractivity contribution in [3.05, 3.63) is 23.3 Å². The standard InChI is InChI=1S/C19H35N/c1-7-8-9-12-20(14-15(2)3)18-11-10-17(6)19(13-18)16(4)5/h8-9,15-16,18H,7,10-14H2,1-6H3. The minimum absolute atomic E-state index is 0.713. The van der Waals surface area contributed by atoms with Crippen molar-refractivity contribution in [3.8, 4) is 0 Å². The van der Waals surface area contributed by atoms with E-state index in [4.69, 9.17) is 0 Å². The number of allylic oxidation sites excluding steroid dienone is 2. The van der Waals surface area contributed by atoms with Crippen LogP contribution in [-0.4, -0.2) is 24.0 Å². The van der Waals surface area contributed by atoms with Gasteiger partial charge in [-0.05, 0) is 44.4 Å². The van der Waals surface area contributed by atoms with Crippen LogP contribution in [0.3, 0.4) is 0 Å². The van der Waals surface area contributed by atoms with Crippen LogP contribution >= 0.6 is 0 Å². The van der Waals surface area contributed by atoms with E-state index in [-0.39, 0.29) is 0 Å². The Balaban J connectivity index is 2.74. The fraction of sp³-hybridized carbons (Fsp3) is 0.789. The van der Waals surface area contributed by atoms with Crippen molar-refractivity contribution in [2.75, 3.05) is 13.1 Å². The quantitative estimate of drug-likeness (QED) is 0.560. The van der Waals surface area contributed by atoms with Crippen molar-refractivity contribution in [2.45, 2.75) is 73.3 Å². The molecule has 1 unspecified atom stereocenters. The van der Waals surface area contributed by atoms with Gasteiger partial charge in [-0.3, -0.25) is 4.90 Å². The highest BCUT2D eigenvalue weighted by molar-refractivity contribution is 5.19. The number of hydrogen-bond donors (Lipinski definition) is 0. The molecular formula is C19H35N. The lowest BCUT2D eigenvalue weighted by Gasteiger charge is -2.37. The normalized spacial score (nSPS) is 20.9. The van der Waals surface area contributed by atoms with Gasteiger partial charge in [-0.2, -0.15) is 0 Å². The average molecular weight is 277 g/mol. The van der Waals surface area contributed by atoms with E-state index in [1.807, 2.05) is 0 Å². The van der Waals surface area contributed by atoms with E-state index in [9.17, 15) is 0 Å². The van der Waals surface area contributed by atoms with Gasteiger partial charge in [0.1, 0.15) is 0 Å². The second-order valence-electron chi connectivity index (χ2n) is 7.08. The Labute approximate surface area is 127 Å². The molecule has 0 saturated heterocycles. The van der Waals surface area contributed by atoms with Gasteiger partial charge in [-0.15, -0.1) is 0 Å². The molecule has 116 valence electrons. The van der Waals surface area contributed by atoms with Crippen LogP contribution in [0.4, 0.5) is 0 Å². The lowest BCUT2D eigenvalue weighted by Crippen LogP contribution is -2.40. The summed E-state index contributed by atoms with van der Waals surface area (Å²) in [6, 6.07) is 0.750. The molecule has 0 spiro atoms. The highest BCUT2D eigenvalue weighted by atomic mass is 15.2. The zero-order valence-electron chi connectivity index (χ0n) is 14.6. The van der Waals surface area contributed by atoms with E-state index in [2.05, 4.69) is 58.6 Å². The van der Waals surface area contributed by atoms with Crippen molar-refractivity contribution < 1.29 is 0 Å². The Hall–Kier alpha value is -0.560. The molecule has 0 aromatic carbocycles. The summed E-state index contributed by atoms with van der Waals surface area (Å²) in [4.78, 5) is 2.71. The summed E-state index contributed by atoms with van der Waals surface area (Å²) in [7, 11) is 0. The van der Waals surface area contributed by atoms with Gasteiger partial charge in [-0.25, -0.2) is 0 Å². The summed E-state index contributed by atoms with van der Waals surface area (Å²) in [5.41, 5.74) is 3.37.